The van der Waals surface area contributed by atoms with E-state index in [1.54, 1.807) is 0 Å². The van der Waals surface area contributed by atoms with Gasteiger partial charge in [-0.05, 0) is 0 Å². The van der Waals surface area contributed by atoms with E-state index < -0.39 is 43.1 Å². The second kappa shape index (κ2) is 5.95. The minimum absolute atomic E-state index is 0.881. The summed E-state index contributed by atoms with van der Waals surface area (Å²) in [6, 6.07) is 0. The Morgan fingerprint density at radius 3 is 1.73 bits per heavy atom. The number of hydrogen-bond acceptors (Lipinski definition) is 7. The van der Waals surface area contributed by atoms with E-state index in [0.717, 1.165) is 0 Å². The van der Waals surface area contributed by atoms with Crippen molar-refractivity contribution in [2.75, 3.05) is 6.61 Å². The number of carboxylic acids is 1. The average molecular weight is 226 g/mol. The summed E-state index contributed by atoms with van der Waals surface area (Å²) in [5.74, 6) is -1.78. The van der Waals surface area contributed by atoms with Gasteiger partial charge in [-0.2, -0.15) is 0 Å². The molecule has 0 aliphatic carbocycles. The van der Waals surface area contributed by atoms with Gasteiger partial charge in [0.15, 0.2) is 6.10 Å². The molecule has 0 aliphatic heterocycles. The predicted octanol–water partition coefficient (Wildman–Crippen LogP) is -4.13. The summed E-state index contributed by atoms with van der Waals surface area (Å²) in [5, 5.41) is 61.5. The Labute approximate surface area is 84.7 Å². The Morgan fingerprint density at radius 1 is 0.933 bits per heavy atom. The molecule has 7 N–H and O–H groups in total. The fraction of sp³-hybridized carbons (Fsp3) is 0.857. The van der Waals surface area contributed by atoms with Gasteiger partial charge in [0.05, 0.1) is 6.61 Å². The summed E-state index contributed by atoms with van der Waals surface area (Å²) in [6.07, 6.45) is -10.2. The molecule has 0 unspecified atom stereocenters. The lowest BCUT2D eigenvalue weighted by Gasteiger charge is -2.26. The Bertz CT molecular complexity index is 207. The largest absolute Gasteiger partial charge is 0.479 e. The molecule has 90 valence electrons. The highest BCUT2D eigenvalue weighted by molar-refractivity contribution is 5.72. The average Bonchev–Trinajstić information content (AvgIpc) is 2.23. The summed E-state index contributed by atoms with van der Waals surface area (Å²) in [5.41, 5.74) is 0. The summed E-state index contributed by atoms with van der Waals surface area (Å²) in [6.45, 7) is -0.881. The predicted molar refractivity (Wildman–Crippen MR) is 44.8 cm³/mol. The van der Waals surface area contributed by atoms with Gasteiger partial charge in [0.2, 0.25) is 0 Å². The first-order valence-electron chi connectivity index (χ1n) is 4.07. The lowest BCUT2D eigenvalue weighted by Crippen LogP contribution is -2.51. The van der Waals surface area contributed by atoms with Crippen molar-refractivity contribution in [2.24, 2.45) is 0 Å². The molecule has 0 saturated heterocycles. The molecule has 0 aromatic rings. The molecule has 0 heterocycles. The molecule has 0 rings (SSSR count). The van der Waals surface area contributed by atoms with Crippen molar-refractivity contribution >= 4 is 5.97 Å². The third kappa shape index (κ3) is 3.70. The standard InChI is InChI=1S/C7H14O8/c8-1-2(9)3(10)4(11)5(12)6(13)7(14)15/h2-6,8-13H,1H2,(H,14,15)/t2-,3-,4+,5-,6+/m0/s1. The highest BCUT2D eigenvalue weighted by Crippen LogP contribution is 2.08. The van der Waals surface area contributed by atoms with Crippen LogP contribution in [0, 0.1) is 0 Å². The molecule has 8 heteroatoms. The highest BCUT2D eigenvalue weighted by Gasteiger charge is 2.36. The van der Waals surface area contributed by atoms with E-state index in [9.17, 15) is 4.79 Å². The van der Waals surface area contributed by atoms with Crippen molar-refractivity contribution in [3.63, 3.8) is 0 Å². The van der Waals surface area contributed by atoms with Crippen molar-refractivity contribution < 1.29 is 40.5 Å². The van der Waals surface area contributed by atoms with Gasteiger partial charge >= 0.3 is 5.97 Å². The molecule has 0 fully saturated rings. The maximum absolute atomic E-state index is 10.2. The van der Waals surface area contributed by atoms with Gasteiger partial charge in [0, 0.05) is 0 Å². The van der Waals surface area contributed by atoms with E-state index in [-0.39, 0.29) is 0 Å². The van der Waals surface area contributed by atoms with Gasteiger partial charge in [0.25, 0.3) is 0 Å². The smallest absolute Gasteiger partial charge is 0.335 e. The first kappa shape index (κ1) is 14.2. The van der Waals surface area contributed by atoms with E-state index in [1.165, 1.54) is 0 Å². The molecule has 8 nitrogen and oxygen atoms in total. The van der Waals surface area contributed by atoms with E-state index in [4.69, 9.17) is 35.7 Å². The molecule has 0 spiro atoms. The second-order valence-corrected chi connectivity index (χ2v) is 3.00. The molecular formula is C7H14O8. The second-order valence-electron chi connectivity index (χ2n) is 3.00. The van der Waals surface area contributed by atoms with Crippen LogP contribution in [-0.4, -0.2) is 78.8 Å². The monoisotopic (exact) mass is 226 g/mol. The van der Waals surface area contributed by atoms with Crippen LogP contribution in [-0.2, 0) is 4.79 Å². The summed E-state index contributed by atoms with van der Waals surface area (Å²) >= 11 is 0. The molecular weight excluding hydrogens is 212 g/mol. The number of aliphatic hydroxyl groups excluding tert-OH is 6. The van der Waals surface area contributed by atoms with Crippen LogP contribution in [0.4, 0.5) is 0 Å². The zero-order valence-electron chi connectivity index (χ0n) is 7.63. The van der Waals surface area contributed by atoms with Crippen molar-refractivity contribution in [3.05, 3.63) is 0 Å². The number of rotatable bonds is 6. The van der Waals surface area contributed by atoms with Gasteiger partial charge in [-0.1, -0.05) is 0 Å². The number of aliphatic carboxylic acids is 1. The van der Waals surface area contributed by atoms with Crippen molar-refractivity contribution in [1.29, 1.82) is 0 Å². The topological polar surface area (TPSA) is 159 Å². The zero-order valence-corrected chi connectivity index (χ0v) is 7.63. The third-order valence-electron chi connectivity index (χ3n) is 1.86. The number of hydrogen-bond donors (Lipinski definition) is 7. The van der Waals surface area contributed by atoms with Gasteiger partial charge < -0.3 is 35.7 Å². The molecule has 0 bridgehead atoms. The van der Waals surface area contributed by atoms with Crippen LogP contribution in [0.25, 0.3) is 0 Å². The van der Waals surface area contributed by atoms with Crippen LogP contribution in [0.5, 0.6) is 0 Å². The van der Waals surface area contributed by atoms with Crippen LogP contribution >= 0.6 is 0 Å². The first-order valence-corrected chi connectivity index (χ1v) is 4.07. The Morgan fingerprint density at radius 2 is 1.40 bits per heavy atom. The van der Waals surface area contributed by atoms with E-state index in [1.807, 2.05) is 0 Å². The van der Waals surface area contributed by atoms with Gasteiger partial charge in [-0.25, -0.2) is 4.79 Å². The van der Waals surface area contributed by atoms with Crippen LogP contribution in [0.2, 0.25) is 0 Å². The van der Waals surface area contributed by atoms with Crippen LogP contribution in [0.1, 0.15) is 0 Å². The Hall–Kier alpha value is -0.770. The van der Waals surface area contributed by atoms with Crippen LogP contribution in [0.15, 0.2) is 0 Å². The van der Waals surface area contributed by atoms with Crippen molar-refractivity contribution in [2.45, 2.75) is 30.5 Å². The Balaban J connectivity index is 4.42. The lowest BCUT2D eigenvalue weighted by molar-refractivity contribution is -0.169. The number of carbonyl (C=O) groups is 1. The normalized spacial score (nSPS) is 21.5. The maximum atomic E-state index is 10.2. The fourth-order valence-electron chi connectivity index (χ4n) is 0.870. The van der Waals surface area contributed by atoms with Crippen molar-refractivity contribution in [1.82, 2.24) is 0 Å². The number of aliphatic hydroxyl groups is 6. The SMILES string of the molecule is O=C(O)[C@H](O)[C@@H](O)[C@H](O)[C@@H](O)[C@@H](O)CO. The minimum Gasteiger partial charge on any atom is -0.479 e. The van der Waals surface area contributed by atoms with E-state index in [0.29, 0.717) is 0 Å². The van der Waals surface area contributed by atoms with Crippen LogP contribution in [0.3, 0.4) is 0 Å². The van der Waals surface area contributed by atoms with E-state index in [2.05, 4.69) is 0 Å². The lowest BCUT2D eigenvalue weighted by atomic mass is 9.99. The summed E-state index contributed by atoms with van der Waals surface area (Å²) in [7, 11) is 0. The van der Waals surface area contributed by atoms with Gasteiger partial charge in [0.1, 0.15) is 24.4 Å². The molecule has 0 aliphatic rings. The molecule has 0 radical (unpaired) electrons. The molecule has 0 aromatic heterocycles. The van der Waals surface area contributed by atoms with Gasteiger partial charge in [-0.3, -0.25) is 0 Å². The molecule has 5 atom stereocenters. The van der Waals surface area contributed by atoms with E-state index >= 15 is 0 Å². The van der Waals surface area contributed by atoms with Crippen LogP contribution < -0.4 is 0 Å². The quantitative estimate of drug-likeness (QED) is 0.240. The Kier molecular flexibility index (Phi) is 5.65. The molecule has 0 aromatic carbocycles. The minimum atomic E-state index is -2.29. The summed E-state index contributed by atoms with van der Waals surface area (Å²) in [4.78, 5) is 10.2. The van der Waals surface area contributed by atoms with Crippen molar-refractivity contribution in [3.8, 4) is 0 Å². The fourth-order valence-corrected chi connectivity index (χ4v) is 0.870. The maximum Gasteiger partial charge on any atom is 0.335 e. The summed E-state index contributed by atoms with van der Waals surface area (Å²) < 4.78 is 0. The number of carboxylic acid groups (broad SMARTS) is 1. The molecule has 15 heavy (non-hydrogen) atoms. The van der Waals surface area contributed by atoms with Gasteiger partial charge in [-0.15, -0.1) is 0 Å². The first-order chi connectivity index (χ1) is 6.82. The third-order valence-corrected chi connectivity index (χ3v) is 1.86. The molecule has 0 amide bonds. The molecule has 0 saturated carbocycles. The zero-order chi connectivity index (χ0) is 12.2. The highest BCUT2D eigenvalue weighted by atomic mass is 16.4.